The monoisotopic (exact) mass is 438 g/mol. The summed E-state index contributed by atoms with van der Waals surface area (Å²) in [7, 11) is 0. The molecule has 1 atom stereocenters. The van der Waals surface area contributed by atoms with Crippen molar-refractivity contribution in [2.75, 3.05) is 16.8 Å². The summed E-state index contributed by atoms with van der Waals surface area (Å²) in [5.74, 6) is 0.320. The molecule has 0 saturated carbocycles. The summed E-state index contributed by atoms with van der Waals surface area (Å²) in [5.41, 5.74) is 4.23. The summed E-state index contributed by atoms with van der Waals surface area (Å²) in [6, 6.07) is 24.5. The van der Waals surface area contributed by atoms with Gasteiger partial charge in [-0.3, -0.25) is 9.59 Å². The first-order valence-electron chi connectivity index (χ1n) is 10.7. The molecule has 0 unspecified atom stereocenters. The zero-order valence-electron chi connectivity index (χ0n) is 18.1. The van der Waals surface area contributed by atoms with Gasteiger partial charge in [-0.1, -0.05) is 47.1 Å². The third-order valence-corrected chi connectivity index (χ3v) is 5.67. The molecule has 0 radical (unpaired) electrons. The molecule has 1 fully saturated rings. The molecule has 7 heteroatoms. The predicted octanol–water partition coefficient (Wildman–Crippen LogP) is 4.70. The number of rotatable bonds is 5. The number of aromatic nitrogens is 2. The number of aryl methyl sites for hydroxylation is 1. The molecule has 7 nitrogen and oxygen atoms in total. The van der Waals surface area contributed by atoms with Crippen LogP contribution in [-0.2, 0) is 9.59 Å². The molecule has 1 aromatic heterocycles. The summed E-state index contributed by atoms with van der Waals surface area (Å²) in [6.07, 6.45) is 0.197. The van der Waals surface area contributed by atoms with E-state index in [-0.39, 0.29) is 18.2 Å². The molecule has 2 amide bonds. The summed E-state index contributed by atoms with van der Waals surface area (Å²) >= 11 is 0. The zero-order chi connectivity index (χ0) is 22.8. The van der Waals surface area contributed by atoms with Crippen LogP contribution in [0.1, 0.15) is 12.0 Å². The van der Waals surface area contributed by atoms with E-state index in [1.54, 1.807) is 17.0 Å². The highest BCUT2D eigenvalue weighted by Crippen LogP contribution is 2.27. The summed E-state index contributed by atoms with van der Waals surface area (Å²) in [5, 5.41) is 6.98. The maximum absolute atomic E-state index is 12.7. The lowest BCUT2D eigenvalue weighted by molar-refractivity contribution is -0.122. The van der Waals surface area contributed by atoms with Crippen LogP contribution in [0.15, 0.2) is 83.4 Å². The van der Waals surface area contributed by atoms with Crippen molar-refractivity contribution in [3.63, 3.8) is 0 Å². The average molecular weight is 438 g/mol. The molecule has 164 valence electrons. The molecular weight excluding hydrogens is 416 g/mol. The highest BCUT2D eigenvalue weighted by molar-refractivity contribution is 6.03. The SMILES string of the molecule is Cc1cccc(-c2noc(-c3ccc(NC(=O)[C@H]4CC(=O)N(c5ccccc5)C4)cc3)n2)c1. The topological polar surface area (TPSA) is 88.3 Å². The van der Waals surface area contributed by atoms with Crippen molar-refractivity contribution >= 4 is 23.2 Å². The van der Waals surface area contributed by atoms with E-state index in [1.807, 2.05) is 73.7 Å². The Morgan fingerprint density at radius 3 is 2.55 bits per heavy atom. The standard InChI is InChI=1S/C26H22N4O3/c1-17-6-5-7-19(14-17)24-28-26(33-29-24)18-10-12-21(13-11-18)27-25(32)20-15-23(31)30(16-20)22-8-3-2-4-9-22/h2-14,20H,15-16H2,1H3,(H,27,32)/t20-/m0/s1. The number of amides is 2. The molecule has 2 heterocycles. The molecule has 1 saturated heterocycles. The molecule has 4 aromatic rings. The third-order valence-electron chi connectivity index (χ3n) is 5.67. The molecule has 33 heavy (non-hydrogen) atoms. The Balaban J connectivity index is 1.24. The highest BCUT2D eigenvalue weighted by Gasteiger charge is 2.35. The predicted molar refractivity (Wildman–Crippen MR) is 125 cm³/mol. The van der Waals surface area contributed by atoms with Crippen molar-refractivity contribution in [2.45, 2.75) is 13.3 Å². The van der Waals surface area contributed by atoms with E-state index in [0.29, 0.717) is 23.9 Å². The van der Waals surface area contributed by atoms with E-state index in [9.17, 15) is 9.59 Å². The van der Waals surface area contributed by atoms with Gasteiger partial charge >= 0.3 is 0 Å². The van der Waals surface area contributed by atoms with Crippen LogP contribution in [-0.4, -0.2) is 28.5 Å². The number of carbonyl (C=O) groups is 2. The maximum Gasteiger partial charge on any atom is 0.258 e. The van der Waals surface area contributed by atoms with E-state index >= 15 is 0 Å². The lowest BCUT2D eigenvalue weighted by atomic mass is 10.1. The summed E-state index contributed by atoms with van der Waals surface area (Å²) in [4.78, 5) is 31.3. The van der Waals surface area contributed by atoms with Crippen LogP contribution in [0, 0.1) is 12.8 Å². The van der Waals surface area contributed by atoms with Crippen LogP contribution in [0.2, 0.25) is 0 Å². The van der Waals surface area contributed by atoms with Gasteiger partial charge in [0.25, 0.3) is 5.89 Å². The first-order valence-corrected chi connectivity index (χ1v) is 10.7. The van der Waals surface area contributed by atoms with Crippen LogP contribution >= 0.6 is 0 Å². The number of carbonyl (C=O) groups excluding carboxylic acids is 2. The van der Waals surface area contributed by atoms with Gasteiger partial charge in [-0.05, 0) is 49.4 Å². The minimum Gasteiger partial charge on any atom is -0.334 e. The summed E-state index contributed by atoms with van der Waals surface area (Å²) < 4.78 is 5.42. The smallest absolute Gasteiger partial charge is 0.258 e. The average Bonchev–Trinajstić information content (AvgIpc) is 3.48. The molecule has 0 bridgehead atoms. The van der Waals surface area contributed by atoms with Gasteiger partial charge in [-0.25, -0.2) is 0 Å². The van der Waals surface area contributed by atoms with Crippen LogP contribution < -0.4 is 10.2 Å². The Labute approximate surface area is 191 Å². The molecule has 1 aliphatic rings. The number of hydrogen-bond acceptors (Lipinski definition) is 5. The van der Waals surface area contributed by atoms with Crippen molar-refractivity contribution in [1.29, 1.82) is 0 Å². The lowest BCUT2D eigenvalue weighted by Crippen LogP contribution is -2.28. The fourth-order valence-electron chi connectivity index (χ4n) is 3.92. The molecule has 5 rings (SSSR count). The second kappa shape index (κ2) is 8.70. The number of benzene rings is 3. The van der Waals surface area contributed by atoms with E-state index in [4.69, 9.17) is 4.52 Å². The number of nitrogens with zero attached hydrogens (tertiary/aromatic N) is 3. The fourth-order valence-corrected chi connectivity index (χ4v) is 3.92. The van der Waals surface area contributed by atoms with Crippen LogP contribution in [0.5, 0.6) is 0 Å². The highest BCUT2D eigenvalue weighted by atomic mass is 16.5. The Bertz CT molecular complexity index is 1300. The third kappa shape index (κ3) is 4.39. The second-order valence-electron chi connectivity index (χ2n) is 8.10. The first kappa shape index (κ1) is 20.6. The Kier molecular flexibility index (Phi) is 5.44. The molecule has 0 aliphatic carbocycles. The van der Waals surface area contributed by atoms with E-state index in [2.05, 4.69) is 15.5 Å². The van der Waals surface area contributed by atoms with Gasteiger partial charge in [-0.15, -0.1) is 0 Å². The molecular formula is C26H22N4O3. The maximum atomic E-state index is 12.7. The largest absolute Gasteiger partial charge is 0.334 e. The van der Waals surface area contributed by atoms with Crippen LogP contribution in [0.25, 0.3) is 22.8 Å². The van der Waals surface area contributed by atoms with Gasteiger partial charge in [0.05, 0.1) is 5.92 Å². The van der Waals surface area contributed by atoms with Gasteiger partial charge < -0.3 is 14.7 Å². The van der Waals surface area contributed by atoms with Gasteiger partial charge in [0.2, 0.25) is 17.6 Å². The van der Waals surface area contributed by atoms with Gasteiger partial charge in [0.1, 0.15) is 0 Å². The molecule has 3 aromatic carbocycles. The van der Waals surface area contributed by atoms with Gasteiger partial charge in [0.15, 0.2) is 0 Å². The number of para-hydroxylation sites is 1. The second-order valence-corrected chi connectivity index (χ2v) is 8.10. The molecule has 1 aliphatic heterocycles. The lowest BCUT2D eigenvalue weighted by Gasteiger charge is -2.16. The fraction of sp³-hybridized carbons (Fsp3) is 0.154. The number of hydrogen-bond donors (Lipinski definition) is 1. The van der Waals surface area contributed by atoms with Crippen LogP contribution in [0.3, 0.4) is 0 Å². The van der Waals surface area contributed by atoms with Crippen molar-refractivity contribution in [3.05, 3.63) is 84.4 Å². The Morgan fingerprint density at radius 1 is 1.00 bits per heavy atom. The van der Waals surface area contributed by atoms with Gasteiger partial charge in [-0.2, -0.15) is 4.98 Å². The van der Waals surface area contributed by atoms with E-state index < -0.39 is 5.92 Å². The molecule has 0 spiro atoms. The van der Waals surface area contributed by atoms with Crippen molar-refractivity contribution in [1.82, 2.24) is 10.1 Å². The first-order chi connectivity index (χ1) is 16.1. The number of anilines is 2. The minimum absolute atomic E-state index is 0.0440. The minimum atomic E-state index is -0.398. The quantitative estimate of drug-likeness (QED) is 0.488. The van der Waals surface area contributed by atoms with E-state index in [1.165, 1.54) is 0 Å². The Hall–Kier alpha value is -4.26. The van der Waals surface area contributed by atoms with Crippen molar-refractivity contribution in [2.24, 2.45) is 5.92 Å². The number of nitrogens with one attached hydrogen (secondary N) is 1. The van der Waals surface area contributed by atoms with Crippen molar-refractivity contribution < 1.29 is 14.1 Å². The van der Waals surface area contributed by atoms with Crippen molar-refractivity contribution in [3.8, 4) is 22.8 Å². The normalized spacial score (nSPS) is 15.6. The zero-order valence-corrected chi connectivity index (χ0v) is 18.1. The Morgan fingerprint density at radius 2 is 1.79 bits per heavy atom. The van der Waals surface area contributed by atoms with Crippen LogP contribution in [0.4, 0.5) is 11.4 Å². The van der Waals surface area contributed by atoms with Gasteiger partial charge in [0, 0.05) is 35.5 Å². The molecule has 1 N–H and O–H groups in total. The summed E-state index contributed by atoms with van der Waals surface area (Å²) in [6.45, 7) is 2.38. The van der Waals surface area contributed by atoms with E-state index in [0.717, 1.165) is 22.4 Å².